The van der Waals surface area contributed by atoms with Crippen LogP contribution in [0.15, 0.2) is 35.5 Å². The van der Waals surface area contributed by atoms with E-state index in [1.165, 1.54) is 5.57 Å². The van der Waals surface area contributed by atoms with E-state index >= 15 is 0 Å². The highest BCUT2D eigenvalue weighted by molar-refractivity contribution is 5.75. The van der Waals surface area contributed by atoms with Crippen LogP contribution in [0.4, 0.5) is 0 Å². The van der Waals surface area contributed by atoms with E-state index in [0.717, 1.165) is 49.9 Å². The van der Waals surface area contributed by atoms with E-state index in [4.69, 9.17) is 18.9 Å². The maximum atomic E-state index is 12.0. The van der Waals surface area contributed by atoms with Gasteiger partial charge in [0.25, 0.3) is 0 Å². The number of esters is 1. The molecule has 0 N–H and O–H groups in total. The molecule has 0 aromatic rings. The molecule has 1 saturated carbocycles. The number of allylic oxidation sites excluding steroid dienone is 1. The Kier molecular flexibility index (Phi) is 9.12. The first kappa shape index (κ1) is 23.8. The summed E-state index contributed by atoms with van der Waals surface area (Å²) < 4.78 is 23.5. The quantitative estimate of drug-likeness (QED) is 0.434. The van der Waals surface area contributed by atoms with E-state index in [9.17, 15) is 4.79 Å². The maximum Gasteiger partial charge on any atom is 0.311 e. The second-order valence-electron chi connectivity index (χ2n) is 9.20. The molecule has 29 heavy (non-hydrogen) atoms. The molecule has 0 bridgehead atoms. The smallest absolute Gasteiger partial charge is 0.311 e. The van der Waals surface area contributed by atoms with Crippen LogP contribution < -0.4 is 0 Å². The third-order valence-electron chi connectivity index (χ3n) is 5.16. The Morgan fingerprint density at radius 2 is 2.00 bits per heavy atom. The molecule has 0 radical (unpaired) electrons. The van der Waals surface area contributed by atoms with Crippen LogP contribution in [0.2, 0.25) is 0 Å². The zero-order valence-electron chi connectivity index (χ0n) is 18.8. The predicted molar refractivity (Wildman–Crippen MR) is 115 cm³/mol. The van der Waals surface area contributed by atoms with Gasteiger partial charge in [-0.25, -0.2) is 0 Å². The molecular weight excluding hydrogens is 368 g/mol. The SMILES string of the molecule is C=C1/C(=C\COC(=O)C(C)(C)C)C[C@@H](OCC=C(C)C)C[C@@H]1OC1CCCCO1. The van der Waals surface area contributed by atoms with Crippen molar-refractivity contribution in [3.05, 3.63) is 35.5 Å². The van der Waals surface area contributed by atoms with Crippen molar-refractivity contribution in [1.82, 2.24) is 0 Å². The Balaban J connectivity index is 2.03. The summed E-state index contributed by atoms with van der Waals surface area (Å²) in [6, 6.07) is 0. The molecule has 5 nitrogen and oxygen atoms in total. The average molecular weight is 407 g/mol. The van der Waals surface area contributed by atoms with Gasteiger partial charge in [0.15, 0.2) is 6.29 Å². The van der Waals surface area contributed by atoms with Gasteiger partial charge in [0.05, 0.1) is 24.2 Å². The molecule has 5 heteroatoms. The molecule has 0 amide bonds. The summed E-state index contributed by atoms with van der Waals surface area (Å²) in [4.78, 5) is 12.0. The second kappa shape index (κ2) is 11.1. The molecule has 164 valence electrons. The van der Waals surface area contributed by atoms with Gasteiger partial charge < -0.3 is 18.9 Å². The third-order valence-corrected chi connectivity index (χ3v) is 5.16. The molecule has 1 unspecified atom stereocenters. The summed E-state index contributed by atoms with van der Waals surface area (Å²) in [7, 11) is 0. The first-order chi connectivity index (χ1) is 13.7. The van der Waals surface area contributed by atoms with Crippen molar-refractivity contribution in [2.75, 3.05) is 19.8 Å². The van der Waals surface area contributed by atoms with Crippen LogP contribution in [-0.4, -0.2) is 44.3 Å². The summed E-state index contributed by atoms with van der Waals surface area (Å²) in [5.74, 6) is -0.212. The largest absolute Gasteiger partial charge is 0.461 e. The van der Waals surface area contributed by atoms with Crippen molar-refractivity contribution in [3.8, 4) is 0 Å². The highest BCUT2D eigenvalue weighted by Gasteiger charge is 2.32. The molecule has 0 aromatic carbocycles. The Bertz CT molecular complexity index is 616. The zero-order chi connectivity index (χ0) is 21.4. The minimum atomic E-state index is -0.512. The van der Waals surface area contributed by atoms with Gasteiger partial charge in [0.2, 0.25) is 0 Å². The number of ether oxygens (including phenoxy) is 4. The van der Waals surface area contributed by atoms with Gasteiger partial charge in [0, 0.05) is 13.0 Å². The fourth-order valence-electron chi connectivity index (χ4n) is 3.31. The lowest BCUT2D eigenvalue weighted by atomic mass is 9.85. The van der Waals surface area contributed by atoms with E-state index in [1.54, 1.807) is 0 Å². The molecule has 1 saturated heterocycles. The molecule has 1 aliphatic heterocycles. The van der Waals surface area contributed by atoms with Crippen LogP contribution >= 0.6 is 0 Å². The average Bonchev–Trinajstić information content (AvgIpc) is 2.64. The van der Waals surface area contributed by atoms with Crippen molar-refractivity contribution in [2.24, 2.45) is 5.41 Å². The van der Waals surface area contributed by atoms with E-state index in [0.29, 0.717) is 6.61 Å². The van der Waals surface area contributed by atoms with Crippen LogP contribution in [0.1, 0.15) is 66.7 Å². The lowest BCUT2D eigenvalue weighted by Crippen LogP contribution is -2.36. The van der Waals surface area contributed by atoms with Crippen molar-refractivity contribution in [2.45, 2.75) is 85.2 Å². The molecule has 2 rings (SSSR count). The minimum absolute atomic E-state index is 0.0364. The number of rotatable bonds is 7. The van der Waals surface area contributed by atoms with E-state index in [2.05, 4.69) is 26.5 Å². The molecular formula is C24H38O5. The Morgan fingerprint density at radius 1 is 1.24 bits per heavy atom. The van der Waals surface area contributed by atoms with Crippen molar-refractivity contribution in [3.63, 3.8) is 0 Å². The van der Waals surface area contributed by atoms with Crippen LogP contribution in [-0.2, 0) is 23.7 Å². The molecule has 0 aromatic heterocycles. The number of hydrogen-bond acceptors (Lipinski definition) is 5. The Hall–Kier alpha value is -1.43. The highest BCUT2D eigenvalue weighted by atomic mass is 16.7. The predicted octanol–water partition coefficient (Wildman–Crippen LogP) is 5.12. The van der Waals surface area contributed by atoms with E-state index in [-0.39, 0.29) is 31.1 Å². The molecule has 1 aliphatic carbocycles. The molecule has 2 aliphatic rings. The first-order valence-electron chi connectivity index (χ1n) is 10.7. The number of carbonyl (C=O) groups excluding carboxylic acids is 1. The topological polar surface area (TPSA) is 54.0 Å². The Labute approximate surface area is 176 Å². The first-order valence-corrected chi connectivity index (χ1v) is 10.7. The standard InChI is InChI=1S/C24H38O5/c1-17(2)10-13-26-20-15-19(11-14-28-23(25)24(4,5)6)18(3)21(16-20)29-22-9-7-8-12-27-22/h10-11,20-22H,3,7-9,12-16H2,1-2,4-6H3/b19-11-/t20-,21+,22?/m1/s1. The highest BCUT2D eigenvalue weighted by Crippen LogP contribution is 2.34. The normalized spacial score (nSPS) is 27.0. The monoisotopic (exact) mass is 406 g/mol. The maximum absolute atomic E-state index is 12.0. The molecule has 2 fully saturated rings. The summed E-state index contributed by atoms with van der Waals surface area (Å²) >= 11 is 0. The van der Waals surface area contributed by atoms with Crippen molar-refractivity contribution >= 4 is 5.97 Å². The van der Waals surface area contributed by atoms with Crippen LogP contribution in [0, 0.1) is 5.41 Å². The summed E-state index contributed by atoms with van der Waals surface area (Å²) in [6.45, 7) is 15.5. The lowest BCUT2D eigenvalue weighted by molar-refractivity contribution is -0.187. The van der Waals surface area contributed by atoms with Gasteiger partial charge >= 0.3 is 5.97 Å². The van der Waals surface area contributed by atoms with Gasteiger partial charge in [-0.15, -0.1) is 0 Å². The zero-order valence-corrected chi connectivity index (χ0v) is 18.8. The third kappa shape index (κ3) is 8.07. The Morgan fingerprint density at radius 3 is 2.62 bits per heavy atom. The lowest BCUT2D eigenvalue weighted by Gasteiger charge is -2.36. The molecule has 3 atom stereocenters. The van der Waals surface area contributed by atoms with Gasteiger partial charge in [-0.3, -0.25) is 4.79 Å². The number of hydrogen-bond donors (Lipinski definition) is 0. The molecule has 1 heterocycles. The van der Waals surface area contributed by atoms with Gasteiger partial charge in [-0.1, -0.05) is 18.2 Å². The van der Waals surface area contributed by atoms with Crippen molar-refractivity contribution < 1.29 is 23.7 Å². The van der Waals surface area contributed by atoms with Gasteiger partial charge in [0.1, 0.15) is 6.61 Å². The van der Waals surface area contributed by atoms with Gasteiger partial charge in [-0.05, 0) is 77.5 Å². The summed E-state index contributed by atoms with van der Waals surface area (Å²) in [5, 5.41) is 0. The summed E-state index contributed by atoms with van der Waals surface area (Å²) in [6.07, 6.45) is 8.36. The second-order valence-corrected chi connectivity index (χ2v) is 9.20. The summed E-state index contributed by atoms with van der Waals surface area (Å²) in [5.41, 5.74) is 2.70. The molecule has 0 spiro atoms. The minimum Gasteiger partial charge on any atom is -0.461 e. The van der Waals surface area contributed by atoms with Crippen LogP contribution in [0.5, 0.6) is 0 Å². The van der Waals surface area contributed by atoms with E-state index < -0.39 is 5.41 Å². The fourth-order valence-corrected chi connectivity index (χ4v) is 3.31. The van der Waals surface area contributed by atoms with Crippen LogP contribution in [0.25, 0.3) is 0 Å². The van der Waals surface area contributed by atoms with Crippen molar-refractivity contribution in [1.29, 1.82) is 0 Å². The van der Waals surface area contributed by atoms with E-state index in [1.807, 2.05) is 26.8 Å². The van der Waals surface area contributed by atoms with Crippen LogP contribution in [0.3, 0.4) is 0 Å². The van der Waals surface area contributed by atoms with Gasteiger partial charge in [-0.2, -0.15) is 0 Å². The number of carbonyl (C=O) groups is 1. The fraction of sp³-hybridized carbons (Fsp3) is 0.708.